The highest BCUT2D eigenvalue weighted by Crippen LogP contribution is 2.02. The van der Waals surface area contributed by atoms with Crippen molar-refractivity contribution in [2.75, 3.05) is 7.05 Å². The van der Waals surface area contributed by atoms with Crippen LogP contribution in [0.3, 0.4) is 0 Å². The Morgan fingerprint density at radius 2 is 2.12 bits per heavy atom. The van der Waals surface area contributed by atoms with Crippen LogP contribution in [0.5, 0.6) is 0 Å². The summed E-state index contributed by atoms with van der Waals surface area (Å²) in [6.45, 7) is 4.15. The van der Waals surface area contributed by atoms with E-state index in [0.29, 0.717) is 5.78 Å². The second-order valence-electron chi connectivity index (χ2n) is 1.89. The molecule has 2 atom stereocenters. The summed E-state index contributed by atoms with van der Waals surface area (Å²) < 4.78 is 0. The molecule has 0 aromatic rings. The first-order chi connectivity index (χ1) is 3.68. The average molecular weight is 131 g/mol. The first kappa shape index (κ1) is 7.97. The van der Waals surface area contributed by atoms with Crippen molar-refractivity contribution in [1.29, 1.82) is 0 Å². The van der Waals surface area contributed by atoms with Crippen molar-refractivity contribution in [1.82, 2.24) is 4.90 Å². The first-order valence-corrected chi connectivity index (χ1v) is 3.45. The molecule has 0 bridgehead atoms. The van der Waals surface area contributed by atoms with Gasteiger partial charge in [0.1, 0.15) is 0 Å². The number of nitrogens with zero attached hydrogens (tertiary/aromatic N) is 1. The average Bonchev–Trinajstić information content (AvgIpc) is 1.67. The van der Waals surface area contributed by atoms with Gasteiger partial charge >= 0.3 is 0 Å². The van der Waals surface area contributed by atoms with Crippen molar-refractivity contribution in [2.45, 2.75) is 19.6 Å². The molecule has 0 aromatic carbocycles. The summed E-state index contributed by atoms with van der Waals surface area (Å²) in [6.07, 6.45) is 4.08. The highest BCUT2D eigenvalue weighted by atomic mass is 31.0. The van der Waals surface area contributed by atoms with E-state index in [-0.39, 0.29) is 0 Å². The molecule has 0 aromatic heterocycles. The van der Waals surface area contributed by atoms with Crippen LogP contribution in [0, 0.1) is 0 Å². The molecular formula is C6H14NP. The third-order valence-corrected chi connectivity index (χ3v) is 1.50. The number of allylic oxidation sites excluding steroid dienone is 1. The van der Waals surface area contributed by atoms with Crippen LogP contribution in [-0.2, 0) is 0 Å². The molecule has 0 fully saturated rings. The van der Waals surface area contributed by atoms with Gasteiger partial charge in [-0.15, -0.1) is 9.24 Å². The zero-order chi connectivity index (χ0) is 6.57. The summed E-state index contributed by atoms with van der Waals surface area (Å²) in [5.41, 5.74) is 0. The summed E-state index contributed by atoms with van der Waals surface area (Å²) in [7, 11) is 4.77. The van der Waals surface area contributed by atoms with Gasteiger partial charge < -0.3 is 4.90 Å². The molecule has 0 aliphatic heterocycles. The molecule has 2 heteroatoms. The van der Waals surface area contributed by atoms with Gasteiger partial charge in [0.15, 0.2) is 0 Å². The molecule has 0 amide bonds. The third kappa shape index (κ3) is 3.04. The van der Waals surface area contributed by atoms with E-state index in [1.807, 2.05) is 13.0 Å². The Balaban J connectivity index is 3.47. The predicted molar refractivity (Wildman–Crippen MR) is 41.7 cm³/mol. The standard InChI is InChI=1S/C6H14NP/c1-4-5-7(3)6(2)8/h4-6H,8H2,1-3H3. The topological polar surface area (TPSA) is 3.24 Å². The Morgan fingerprint density at radius 3 is 2.25 bits per heavy atom. The van der Waals surface area contributed by atoms with Crippen LogP contribution in [-0.4, -0.2) is 17.7 Å². The van der Waals surface area contributed by atoms with Crippen LogP contribution in [0.25, 0.3) is 0 Å². The Hall–Kier alpha value is -0.0300. The van der Waals surface area contributed by atoms with E-state index < -0.39 is 0 Å². The van der Waals surface area contributed by atoms with Gasteiger partial charge in [0.25, 0.3) is 0 Å². The molecule has 8 heavy (non-hydrogen) atoms. The maximum atomic E-state index is 2.72. The van der Waals surface area contributed by atoms with E-state index in [4.69, 9.17) is 0 Å². The van der Waals surface area contributed by atoms with Crippen LogP contribution in [0.4, 0.5) is 0 Å². The van der Waals surface area contributed by atoms with E-state index in [9.17, 15) is 0 Å². The van der Waals surface area contributed by atoms with Crippen LogP contribution < -0.4 is 0 Å². The lowest BCUT2D eigenvalue weighted by Crippen LogP contribution is -2.16. The van der Waals surface area contributed by atoms with Crippen molar-refractivity contribution < 1.29 is 0 Å². The lowest BCUT2D eigenvalue weighted by molar-refractivity contribution is 0.449. The van der Waals surface area contributed by atoms with Gasteiger partial charge in [-0.1, -0.05) is 6.08 Å². The summed E-state index contributed by atoms with van der Waals surface area (Å²) in [5, 5.41) is 0. The number of hydrogen-bond donors (Lipinski definition) is 0. The minimum atomic E-state index is 0.534. The minimum absolute atomic E-state index is 0.534. The Labute approximate surface area is 54.0 Å². The van der Waals surface area contributed by atoms with Gasteiger partial charge in [-0.2, -0.15) is 0 Å². The first-order valence-electron chi connectivity index (χ1n) is 2.78. The van der Waals surface area contributed by atoms with Crippen LogP contribution in [0.2, 0.25) is 0 Å². The third-order valence-electron chi connectivity index (χ3n) is 1.03. The largest absolute Gasteiger partial charge is 0.375 e. The van der Waals surface area contributed by atoms with Gasteiger partial charge in [0, 0.05) is 12.8 Å². The second-order valence-corrected chi connectivity index (χ2v) is 2.85. The van der Waals surface area contributed by atoms with Crippen molar-refractivity contribution in [3.05, 3.63) is 12.3 Å². The molecule has 0 spiro atoms. The fourth-order valence-electron chi connectivity index (χ4n) is 0.371. The van der Waals surface area contributed by atoms with Crippen LogP contribution in [0.1, 0.15) is 13.8 Å². The van der Waals surface area contributed by atoms with E-state index >= 15 is 0 Å². The molecule has 0 saturated heterocycles. The van der Waals surface area contributed by atoms with Crippen molar-refractivity contribution in [3.8, 4) is 0 Å². The maximum absolute atomic E-state index is 2.72. The Kier molecular flexibility index (Phi) is 3.90. The molecule has 0 aliphatic carbocycles. The molecule has 2 unspecified atom stereocenters. The van der Waals surface area contributed by atoms with Crippen molar-refractivity contribution in [3.63, 3.8) is 0 Å². The highest BCUT2D eigenvalue weighted by Gasteiger charge is 1.92. The molecular weight excluding hydrogens is 117 g/mol. The lowest BCUT2D eigenvalue weighted by atomic mass is 10.6. The number of rotatable bonds is 2. The lowest BCUT2D eigenvalue weighted by Gasteiger charge is -2.17. The molecule has 0 N–H and O–H groups in total. The smallest absolute Gasteiger partial charge is 0.0393 e. The molecule has 0 radical (unpaired) electrons. The van der Waals surface area contributed by atoms with Gasteiger partial charge in [0.05, 0.1) is 0 Å². The second kappa shape index (κ2) is 3.91. The predicted octanol–water partition coefficient (Wildman–Crippen LogP) is 1.67. The van der Waals surface area contributed by atoms with E-state index in [2.05, 4.69) is 34.3 Å². The van der Waals surface area contributed by atoms with E-state index in [0.717, 1.165) is 0 Å². The van der Waals surface area contributed by atoms with Crippen LogP contribution in [0.15, 0.2) is 12.3 Å². The summed E-state index contributed by atoms with van der Waals surface area (Å²) in [6, 6.07) is 0. The quantitative estimate of drug-likeness (QED) is 0.515. The van der Waals surface area contributed by atoms with Gasteiger partial charge in [-0.05, 0) is 20.0 Å². The SMILES string of the molecule is CC=CN(C)C(C)P. The molecule has 48 valence electrons. The van der Waals surface area contributed by atoms with Gasteiger partial charge in [-0.3, -0.25) is 0 Å². The van der Waals surface area contributed by atoms with Gasteiger partial charge in [-0.25, -0.2) is 0 Å². The monoisotopic (exact) mass is 131 g/mol. The van der Waals surface area contributed by atoms with Crippen molar-refractivity contribution >= 4 is 9.24 Å². The fraction of sp³-hybridized carbons (Fsp3) is 0.667. The van der Waals surface area contributed by atoms with E-state index in [1.165, 1.54) is 0 Å². The molecule has 0 heterocycles. The van der Waals surface area contributed by atoms with E-state index in [1.54, 1.807) is 0 Å². The number of hydrogen-bond acceptors (Lipinski definition) is 1. The molecule has 1 nitrogen and oxygen atoms in total. The fourth-order valence-corrected chi connectivity index (χ4v) is 0.470. The maximum Gasteiger partial charge on any atom is 0.0393 e. The molecule has 0 saturated carbocycles. The summed E-state index contributed by atoms with van der Waals surface area (Å²) in [5.74, 6) is 0.534. The molecule has 0 rings (SSSR count). The van der Waals surface area contributed by atoms with Crippen molar-refractivity contribution in [2.24, 2.45) is 0 Å². The summed E-state index contributed by atoms with van der Waals surface area (Å²) >= 11 is 0. The molecule has 0 aliphatic rings. The zero-order valence-electron chi connectivity index (χ0n) is 5.76. The zero-order valence-corrected chi connectivity index (χ0v) is 6.91. The Morgan fingerprint density at radius 1 is 1.62 bits per heavy atom. The van der Waals surface area contributed by atoms with Gasteiger partial charge in [0.2, 0.25) is 0 Å². The van der Waals surface area contributed by atoms with Crippen LogP contribution >= 0.6 is 9.24 Å². The minimum Gasteiger partial charge on any atom is -0.375 e. The highest BCUT2D eigenvalue weighted by molar-refractivity contribution is 7.17. The Bertz CT molecular complexity index is 78.6. The normalized spacial score (nSPS) is 14.5. The summed E-state index contributed by atoms with van der Waals surface area (Å²) in [4.78, 5) is 2.13.